The molecule has 0 bridgehead atoms. The fraction of sp³-hybridized carbons (Fsp3) is 0.333. The first-order valence-electron chi connectivity index (χ1n) is 6.54. The van der Waals surface area contributed by atoms with Crippen LogP contribution in [0.15, 0.2) is 24.3 Å². The van der Waals surface area contributed by atoms with E-state index in [1.54, 1.807) is 7.11 Å². The quantitative estimate of drug-likeness (QED) is 0.930. The Morgan fingerprint density at radius 1 is 1.40 bits per heavy atom. The van der Waals surface area contributed by atoms with Crippen LogP contribution in [0.3, 0.4) is 0 Å². The van der Waals surface area contributed by atoms with Crippen LogP contribution in [0.25, 0.3) is 11.4 Å². The van der Waals surface area contributed by atoms with Crippen LogP contribution in [-0.2, 0) is 18.3 Å². The topological polar surface area (TPSA) is 64.4 Å². The maximum atomic E-state index is 11.2. The standard InChI is InChI=1S/C15H16N2O3/c1-17-12-8-7-11(15(18)19)13(12)16-14(17)9-3-5-10(20-2)6-4-9/h3-6,11H,7-8H2,1-2H3,(H,18,19). The van der Waals surface area contributed by atoms with Crippen molar-refractivity contribution in [3.8, 4) is 17.1 Å². The molecule has 1 atom stereocenters. The van der Waals surface area contributed by atoms with E-state index in [-0.39, 0.29) is 0 Å². The molecule has 0 amide bonds. The second-order valence-corrected chi connectivity index (χ2v) is 4.98. The Morgan fingerprint density at radius 2 is 2.10 bits per heavy atom. The first kappa shape index (κ1) is 12.7. The van der Waals surface area contributed by atoms with Gasteiger partial charge in [-0.1, -0.05) is 0 Å². The zero-order valence-corrected chi connectivity index (χ0v) is 11.5. The summed E-state index contributed by atoms with van der Waals surface area (Å²) < 4.78 is 7.14. The van der Waals surface area contributed by atoms with Crippen LogP contribution in [0.2, 0.25) is 0 Å². The second-order valence-electron chi connectivity index (χ2n) is 4.98. The highest BCUT2D eigenvalue weighted by Gasteiger charge is 2.33. The van der Waals surface area contributed by atoms with Crippen LogP contribution in [0.1, 0.15) is 23.7 Å². The lowest BCUT2D eigenvalue weighted by Crippen LogP contribution is -2.08. The van der Waals surface area contributed by atoms with Gasteiger partial charge in [-0.15, -0.1) is 0 Å². The van der Waals surface area contributed by atoms with Crippen LogP contribution < -0.4 is 4.74 Å². The van der Waals surface area contributed by atoms with Crippen LogP contribution in [0.5, 0.6) is 5.75 Å². The van der Waals surface area contributed by atoms with Crippen molar-refractivity contribution < 1.29 is 14.6 Å². The van der Waals surface area contributed by atoms with Crippen LogP contribution in [0.4, 0.5) is 0 Å². The molecule has 0 aliphatic heterocycles. The number of methoxy groups -OCH3 is 1. The minimum atomic E-state index is -0.789. The maximum Gasteiger partial charge on any atom is 0.312 e. The molecule has 1 aromatic carbocycles. The van der Waals surface area contributed by atoms with Crippen molar-refractivity contribution in [2.45, 2.75) is 18.8 Å². The van der Waals surface area contributed by atoms with Gasteiger partial charge >= 0.3 is 5.97 Å². The molecular weight excluding hydrogens is 256 g/mol. The summed E-state index contributed by atoms with van der Waals surface area (Å²) in [6, 6.07) is 7.63. The highest BCUT2D eigenvalue weighted by molar-refractivity contribution is 5.77. The van der Waals surface area contributed by atoms with Gasteiger partial charge in [0.2, 0.25) is 0 Å². The highest BCUT2D eigenvalue weighted by atomic mass is 16.5. The van der Waals surface area contributed by atoms with Gasteiger partial charge in [0.15, 0.2) is 0 Å². The van der Waals surface area contributed by atoms with Gasteiger partial charge in [0, 0.05) is 18.3 Å². The third kappa shape index (κ3) is 1.86. The number of benzene rings is 1. The summed E-state index contributed by atoms with van der Waals surface area (Å²) in [5.74, 6) is 0.342. The molecule has 1 aromatic heterocycles. The summed E-state index contributed by atoms with van der Waals surface area (Å²) in [6.07, 6.45) is 1.41. The van der Waals surface area contributed by atoms with Gasteiger partial charge < -0.3 is 14.4 Å². The third-order valence-electron chi connectivity index (χ3n) is 3.89. The second kappa shape index (κ2) is 4.67. The Kier molecular flexibility index (Phi) is 2.97. The molecule has 3 rings (SSSR count). The number of carbonyl (C=O) groups is 1. The number of ether oxygens (including phenoxy) is 1. The van der Waals surface area contributed by atoms with Crippen molar-refractivity contribution in [2.75, 3.05) is 7.11 Å². The molecule has 0 fully saturated rings. The van der Waals surface area contributed by atoms with E-state index in [0.29, 0.717) is 12.1 Å². The smallest absolute Gasteiger partial charge is 0.312 e. The van der Waals surface area contributed by atoms with Gasteiger partial charge in [0.25, 0.3) is 0 Å². The van der Waals surface area contributed by atoms with Gasteiger partial charge in [-0.2, -0.15) is 0 Å². The fourth-order valence-corrected chi connectivity index (χ4v) is 2.78. The van der Waals surface area contributed by atoms with Crippen LogP contribution >= 0.6 is 0 Å². The number of fused-ring (bicyclic) bond motifs is 1. The van der Waals surface area contributed by atoms with Gasteiger partial charge in [-0.3, -0.25) is 4.79 Å². The first-order valence-corrected chi connectivity index (χ1v) is 6.54. The first-order chi connectivity index (χ1) is 9.61. The molecular formula is C15H16N2O3. The molecule has 1 aliphatic carbocycles. The van der Waals surface area contributed by atoms with Crippen molar-refractivity contribution in [2.24, 2.45) is 7.05 Å². The van der Waals surface area contributed by atoms with E-state index in [2.05, 4.69) is 4.98 Å². The normalized spacial score (nSPS) is 17.0. The average Bonchev–Trinajstić information content (AvgIpc) is 3.00. The number of carboxylic acid groups (broad SMARTS) is 1. The molecule has 5 heteroatoms. The largest absolute Gasteiger partial charge is 0.497 e. The molecule has 0 radical (unpaired) electrons. The number of rotatable bonds is 3. The number of hydrogen-bond acceptors (Lipinski definition) is 3. The van der Waals surface area contributed by atoms with Gasteiger partial charge in [-0.05, 0) is 37.1 Å². The van der Waals surface area contributed by atoms with Crippen molar-refractivity contribution >= 4 is 5.97 Å². The Morgan fingerprint density at radius 3 is 2.70 bits per heavy atom. The van der Waals surface area contributed by atoms with E-state index in [0.717, 1.165) is 29.3 Å². The van der Waals surface area contributed by atoms with Crippen molar-refractivity contribution in [1.82, 2.24) is 9.55 Å². The Labute approximate surface area is 116 Å². The summed E-state index contributed by atoms with van der Waals surface area (Å²) in [7, 11) is 3.57. The molecule has 1 aliphatic rings. The molecule has 104 valence electrons. The molecule has 0 saturated heterocycles. The maximum absolute atomic E-state index is 11.2. The van der Waals surface area contributed by atoms with Gasteiger partial charge in [0.05, 0.1) is 12.8 Å². The minimum Gasteiger partial charge on any atom is -0.497 e. The van der Waals surface area contributed by atoms with E-state index in [9.17, 15) is 9.90 Å². The zero-order chi connectivity index (χ0) is 14.3. The monoisotopic (exact) mass is 272 g/mol. The van der Waals surface area contributed by atoms with E-state index in [1.807, 2.05) is 35.9 Å². The summed E-state index contributed by atoms with van der Waals surface area (Å²) >= 11 is 0. The van der Waals surface area contributed by atoms with E-state index >= 15 is 0 Å². The summed E-state index contributed by atoms with van der Waals surface area (Å²) in [4.78, 5) is 15.8. The van der Waals surface area contributed by atoms with Crippen LogP contribution in [-0.4, -0.2) is 27.7 Å². The summed E-state index contributed by atoms with van der Waals surface area (Å²) in [5, 5.41) is 9.23. The van der Waals surface area contributed by atoms with Crippen molar-refractivity contribution in [3.05, 3.63) is 35.7 Å². The molecule has 2 aromatic rings. The number of aromatic nitrogens is 2. The average molecular weight is 272 g/mol. The van der Waals surface area contributed by atoms with Gasteiger partial charge in [-0.25, -0.2) is 4.98 Å². The lowest BCUT2D eigenvalue weighted by molar-refractivity contribution is -0.138. The van der Waals surface area contributed by atoms with Crippen molar-refractivity contribution in [1.29, 1.82) is 0 Å². The summed E-state index contributed by atoms with van der Waals surface area (Å²) in [6.45, 7) is 0. The lowest BCUT2D eigenvalue weighted by atomic mass is 10.1. The predicted octanol–water partition coefficient (Wildman–Crippen LogP) is 2.21. The molecule has 0 spiro atoms. The molecule has 1 heterocycles. The number of carboxylic acids is 1. The molecule has 20 heavy (non-hydrogen) atoms. The van der Waals surface area contributed by atoms with E-state index < -0.39 is 11.9 Å². The SMILES string of the molecule is COc1ccc(-c2nc3c(n2C)CCC3C(=O)O)cc1. The Bertz CT molecular complexity index is 659. The van der Waals surface area contributed by atoms with Crippen LogP contribution in [0, 0.1) is 0 Å². The predicted molar refractivity (Wildman–Crippen MR) is 73.9 cm³/mol. The molecule has 0 saturated carbocycles. The molecule has 1 N–H and O–H groups in total. The number of aliphatic carboxylic acids is 1. The number of hydrogen-bond donors (Lipinski definition) is 1. The molecule has 1 unspecified atom stereocenters. The molecule has 5 nitrogen and oxygen atoms in total. The van der Waals surface area contributed by atoms with Crippen molar-refractivity contribution in [3.63, 3.8) is 0 Å². The number of imidazole rings is 1. The van der Waals surface area contributed by atoms with E-state index in [4.69, 9.17) is 4.74 Å². The highest BCUT2D eigenvalue weighted by Crippen LogP contribution is 2.35. The van der Waals surface area contributed by atoms with E-state index in [1.165, 1.54) is 0 Å². The number of nitrogens with zero attached hydrogens (tertiary/aromatic N) is 2. The fourth-order valence-electron chi connectivity index (χ4n) is 2.78. The zero-order valence-electron chi connectivity index (χ0n) is 11.5. The Hall–Kier alpha value is -2.30. The minimum absolute atomic E-state index is 0.469. The third-order valence-corrected chi connectivity index (χ3v) is 3.89. The lowest BCUT2D eigenvalue weighted by Gasteiger charge is -2.06. The Balaban J connectivity index is 2.03. The summed E-state index contributed by atoms with van der Waals surface area (Å²) in [5.41, 5.74) is 2.71. The van der Waals surface area contributed by atoms with Gasteiger partial charge in [0.1, 0.15) is 17.5 Å².